The van der Waals surface area contributed by atoms with Crippen LogP contribution in [0.25, 0.3) is 0 Å². The summed E-state index contributed by atoms with van der Waals surface area (Å²) in [6, 6.07) is 0. The minimum atomic E-state index is -0.726. The number of nitrogens with zero attached hydrogens (tertiary/aromatic N) is 2. The van der Waals surface area contributed by atoms with E-state index in [1.165, 1.54) is 0 Å². The van der Waals surface area contributed by atoms with Gasteiger partial charge in [-0.15, -0.1) is 0 Å². The molecule has 1 aromatic rings. The molecule has 0 amide bonds. The normalized spacial score (nSPS) is 13.7. The molecule has 1 aromatic heterocycles. The fourth-order valence-electron chi connectivity index (χ4n) is 1.64. The van der Waals surface area contributed by atoms with E-state index < -0.39 is 6.10 Å². The average Bonchev–Trinajstić information content (AvgIpc) is 2.52. The minimum absolute atomic E-state index is 0.0857. The van der Waals surface area contributed by atoms with Crippen LogP contribution in [0.15, 0.2) is 0 Å². The van der Waals surface area contributed by atoms with Crippen molar-refractivity contribution in [1.82, 2.24) is 9.78 Å². The van der Waals surface area contributed by atoms with Crippen molar-refractivity contribution in [3.63, 3.8) is 0 Å². The summed E-state index contributed by atoms with van der Waals surface area (Å²) in [6.07, 6.45) is -0.640. The third-order valence-electron chi connectivity index (χ3n) is 2.51. The van der Waals surface area contributed by atoms with Crippen molar-refractivity contribution in [2.45, 2.75) is 45.8 Å². The van der Waals surface area contributed by atoms with E-state index in [-0.39, 0.29) is 18.6 Å². The summed E-state index contributed by atoms with van der Waals surface area (Å²) in [4.78, 5) is 0. The second-order valence-electron chi connectivity index (χ2n) is 4.77. The first-order chi connectivity index (χ1) is 7.84. The minimum Gasteiger partial charge on any atom is -0.386 e. The van der Waals surface area contributed by atoms with Crippen LogP contribution in [0.3, 0.4) is 0 Å². The zero-order valence-corrected chi connectivity index (χ0v) is 11.8. The predicted octanol–water partition coefficient (Wildman–Crippen LogP) is 2.66. The molecule has 4 nitrogen and oxygen atoms in total. The molecule has 1 atom stereocenters. The molecule has 0 bridgehead atoms. The molecule has 1 N–H and O–H groups in total. The first-order valence-electron chi connectivity index (χ1n) is 5.86. The quantitative estimate of drug-likeness (QED) is 0.885. The van der Waals surface area contributed by atoms with Gasteiger partial charge in [-0.05, 0) is 19.8 Å². The molecule has 0 spiro atoms. The van der Waals surface area contributed by atoms with Crippen LogP contribution in [0.4, 0.5) is 0 Å². The number of aliphatic hydroxyl groups excluding tert-OH is 1. The summed E-state index contributed by atoms with van der Waals surface area (Å²) in [5.74, 6) is 0.220. The van der Waals surface area contributed by atoms with Crippen molar-refractivity contribution in [2.75, 3.05) is 6.61 Å². The number of halogens is 1. The van der Waals surface area contributed by atoms with E-state index in [1.807, 2.05) is 27.7 Å². The van der Waals surface area contributed by atoms with Crippen molar-refractivity contribution >= 4 is 11.6 Å². The molecular formula is C12H21ClN2O2. The molecular weight excluding hydrogens is 240 g/mol. The highest BCUT2D eigenvalue weighted by molar-refractivity contribution is 6.30. The maximum absolute atomic E-state index is 10.1. The van der Waals surface area contributed by atoms with Crippen LogP contribution < -0.4 is 0 Å². The van der Waals surface area contributed by atoms with Crippen molar-refractivity contribution in [1.29, 1.82) is 0 Å². The molecule has 5 heteroatoms. The lowest BCUT2D eigenvalue weighted by Gasteiger charge is -2.15. The fourth-order valence-corrected chi connectivity index (χ4v) is 1.90. The van der Waals surface area contributed by atoms with Gasteiger partial charge in [-0.2, -0.15) is 5.10 Å². The lowest BCUT2D eigenvalue weighted by Crippen LogP contribution is -2.13. The third kappa shape index (κ3) is 3.44. The van der Waals surface area contributed by atoms with Crippen LogP contribution in [-0.4, -0.2) is 27.6 Å². The van der Waals surface area contributed by atoms with E-state index in [0.717, 1.165) is 5.69 Å². The van der Waals surface area contributed by atoms with Gasteiger partial charge in [0.05, 0.1) is 18.4 Å². The van der Waals surface area contributed by atoms with Gasteiger partial charge in [0.1, 0.15) is 11.3 Å². The van der Waals surface area contributed by atoms with Crippen molar-refractivity contribution in [2.24, 2.45) is 7.05 Å². The third-order valence-corrected chi connectivity index (χ3v) is 2.96. The Morgan fingerprint density at radius 1 is 1.35 bits per heavy atom. The largest absolute Gasteiger partial charge is 0.386 e. The van der Waals surface area contributed by atoms with Crippen LogP contribution in [0.5, 0.6) is 0 Å². The molecule has 0 aromatic carbocycles. The summed E-state index contributed by atoms with van der Waals surface area (Å²) in [5, 5.41) is 14.9. The summed E-state index contributed by atoms with van der Waals surface area (Å²) < 4.78 is 7.00. The van der Waals surface area contributed by atoms with Crippen LogP contribution in [0.2, 0.25) is 5.15 Å². The zero-order chi connectivity index (χ0) is 13.2. The van der Waals surface area contributed by atoms with Gasteiger partial charge in [-0.1, -0.05) is 25.4 Å². The second kappa shape index (κ2) is 5.85. The number of aryl methyl sites for hydroxylation is 1. The molecule has 0 aliphatic heterocycles. The predicted molar refractivity (Wildman–Crippen MR) is 68.4 cm³/mol. The van der Waals surface area contributed by atoms with E-state index in [1.54, 1.807) is 11.7 Å². The lowest BCUT2D eigenvalue weighted by atomic mass is 10.0. The van der Waals surface area contributed by atoms with Crippen molar-refractivity contribution in [3.05, 3.63) is 16.4 Å². The van der Waals surface area contributed by atoms with Gasteiger partial charge in [-0.25, -0.2) is 0 Å². The molecule has 17 heavy (non-hydrogen) atoms. The summed E-state index contributed by atoms with van der Waals surface area (Å²) in [6.45, 7) is 8.15. The molecule has 0 saturated heterocycles. The molecule has 0 aliphatic carbocycles. The molecule has 0 radical (unpaired) electrons. The highest BCUT2D eigenvalue weighted by Gasteiger charge is 2.23. The highest BCUT2D eigenvalue weighted by Crippen LogP contribution is 2.30. The van der Waals surface area contributed by atoms with Crippen LogP contribution in [0.1, 0.15) is 51.0 Å². The Morgan fingerprint density at radius 2 is 1.94 bits per heavy atom. The molecule has 1 heterocycles. The summed E-state index contributed by atoms with van der Waals surface area (Å²) >= 11 is 6.15. The van der Waals surface area contributed by atoms with Crippen molar-refractivity contribution in [3.8, 4) is 0 Å². The Kier molecular flexibility index (Phi) is 4.98. The first-order valence-corrected chi connectivity index (χ1v) is 6.24. The van der Waals surface area contributed by atoms with E-state index in [0.29, 0.717) is 10.7 Å². The van der Waals surface area contributed by atoms with E-state index in [4.69, 9.17) is 16.3 Å². The lowest BCUT2D eigenvalue weighted by molar-refractivity contribution is 0.00454. The number of rotatable bonds is 5. The maximum Gasteiger partial charge on any atom is 0.132 e. The SMILES string of the molecule is CC(C)OCC(O)c1c(C(C)C)nn(C)c1Cl. The smallest absolute Gasteiger partial charge is 0.132 e. The molecule has 0 saturated carbocycles. The zero-order valence-electron chi connectivity index (χ0n) is 11.1. The molecule has 1 unspecified atom stereocenters. The first kappa shape index (κ1) is 14.5. The highest BCUT2D eigenvalue weighted by atomic mass is 35.5. The maximum atomic E-state index is 10.1. The second-order valence-corrected chi connectivity index (χ2v) is 5.12. The Hall–Kier alpha value is -0.580. The van der Waals surface area contributed by atoms with E-state index in [2.05, 4.69) is 5.10 Å². The van der Waals surface area contributed by atoms with Crippen LogP contribution in [0, 0.1) is 0 Å². The molecule has 1 rings (SSSR count). The Labute approximate surface area is 108 Å². The van der Waals surface area contributed by atoms with Crippen LogP contribution in [-0.2, 0) is 11.8 Å². The summed E-state index contributed by atoms with van der Waals surface area (Å²) in [7, 11) is 1.77. The number of hydrogen-bond donors (Lipinski definition) is 1. The average molecular weight is 261 g/mol. The number of aliphatic hydroxyl groups is 1. The van der Waals surface area contributed by atoms with Gasteiger partial charge < -0.3 is 9.84 Å². The van der Waals surface area contributed by atoms with E-state index in [9.17, 15) is 5.11 Å². The van der Waals surface area contributed by atoms with Crippen LogP contribution >= 0.6 is 11.6 Å². The van der Waals surface area contributed by atoms with Gasteiger partial charge in [-0.3, -0.25) is 4.68 Å². The molecule has 98 valence electrons. The fraction of sp³-hybridized carbons (Fsp3) is 0.750. The van der Waals surface area contributed by atoms with Gasteiger partial charge >= 0.3 is 0 Å². The van der Waals surface area contributed by atoms with Gasteiger partial charge in [0.2, 0.25) is 0 Å². The Morgan fingerprint density at radius 3 is 2.41 bits per heavy atom. The monoisotopic (exact) mass is 260 g/mol. The number of hydrogen-bond acceptors (Lipinski definition) is 3. The topological polar surface area (TPSA) is 47.3 Å². The molecule has 0 fully saturated rings. The van der Waals surface area contributed by atoms with Gasteiger partial charge in [0.25, 0.3) is 0 Å². The number of ether oxygens (including phenoxy) is 1. The van der Waals surface area contributed by atoms with Gasteiger partial charge in [0.15, 0.2) is 0 Å². The Balaban J connectivity index is 2.94. The standard InChI is InChI=1S/C12H21ClN2O2/c1-7(2)11-10(12(13)15(5)14-11)9(16)6-17-8(3)4/h7-9,16H,6H2,1-5H3. The van der Waals surface area contributed by atoms with E-state index >= 15 is 0 Å². The summed E-state index contributed by atoms with van der Waals surface area (Å²) in [5.41, 5.74) is 1.52. The molecule has 0 aliphatic rings. The number of aromatic nitrogens is 2. The van der Waals surface area contributed by atoms with Crippen molar-refractivity contribution < 1.29 is 9.84 Å². The Bertz CT molecular complexity index is 375. The van der Waals surface area contributed by atoms with Gasteiger partial charge in [0, 0.05) is 12.6 Å².